The van der Waals surface area contributed by atoms with Crippen molar-refractivity contribution in [1.82, 2.24) is 0 Å². The third-order valence-corrected chi connectivity index (χ3v) is 0.642. The molecule has 0 aromatic rings. The van der Waals surface area contributed by atoms with Gasteiger partial charge in [-0.25, -0.2) is 0 Å². The molecule has 0 saturated heterocycles. The zero-order valence-corrected chi connectivity index (χ0v) is 9.36. The van der Waals surface area contributed by atoms with Gasteiger partial charge in [-0.2, -0.15) is 0 Å². The highest BCUT2D eigenvalue weighted by atomic mass is 16.4. The van der Waals surface area contributed by atoms with Gasteiger partial charge in [0, 0.05) is 0 Å². The van der Waals surface area contributed by atoms with Crippen molar-refractivity contribution in [2.45, 2.75) is 63.3 Å². The van der Waals surface area contributed by atoms with Crippen LogP contribution >= 0.6 is 0 Å². The molecule has 0 aromatic heterocycles. The fourth-order valence-electron chi connectivity index (χ4n) is 0. The van der Waals surface area contributed by atoms with Gasteiger partial charge in [-0.3, -0.25) is 4.79 Å². The van der Waals surface area contributed by atoms with E-state index in [4.69, 9.17) is 5.11 Å². The number of hydrogen-bond acceptors (Lipinski definition) is 1. The van der Waals surface area contributed by atoms with Crippen LogP contribution in [-0.2, 0) is 4.79 Å². The molecule has 0 spiro atoms. The Morgan fingerprint density at radius 1 is 0.857 bits per heavy atom. The summed E-state index contributed by atoms with van der Waals surface area (Å²) in [6, 6.07) is 0. The third kappa shape index (κ3) is 42.0. The van der Waals surface area contributed by atoms with E-state index >= 15 is 0 Å². The highest BCUT2D eigenvalue weighted by molar-refractivity contribution is 5.72. The van der Waals surface area contributed by atoms with Crippen LogP contribution in [0.1, 0.15) is 63.3 Å². The summed E-state index contributed by atoms with van der Waals surface area (Å²) in [7, 11) is 0. The Labute approximate surface area is 90.7 Å². The molecule has 14 heavy (non-hydrogen) atoms. The Balaban J connectivity index is -0.0000000651. The third-order valence-electron chi connectivity index (χ3n) is 0.642. The van der Waals surface area contributed by atoms with E-state index in [1.165, 1.54) is 0 Å². The minimum atomic E-state index is -0.757. The largest absolute Gasteiger partial charge is 0.481 e. The molecule has 0 unspecified atom stereocenters. The van der Waals surface area contributed by atoms with Crippen LogP contribution in [0, 0.1) is 10.8 Å². The quantitative estimate of drug-likeness (QED) is 0.636. The van der Waals surface area contributed by atoms with Crippen LogP contribution in [0.5, 0.6) is 0 Å². The first kappa shape index (κ1) is 23.4. The van der Waals surface area contributed by atoms with Crippen molar-refractivity contribution in [1.29, 1.82) is 0 Å². The normalized spacial score (nSPS) is 9.93. The van der Waals surface area contributed by atoms with Gasteiger partial charge in [0.1, 0.15) is 0 Å². The molecule has 0 saturated carbocycles. The van der Waals surface area contributed by atoms with Crippen molar-refractivity contribution in [2.75, 3.05) is 0 Å². The summed E-state index contributed by atoms with van der Waals surface area (Å²) in [6.45, 7) is 13.7. The number of carboxylic acids is 1. The molecule has 0 bridgehead atoms. The molecule has 0 fully saturated rings. The van der Waals surface area contributed by atoms with E-state index in [1.807, 2.05) is 0 Å². The van der Waals surface area contributed by atoms with Crippen LogP contribution in [0.4, 0.5) is 0 Å². The van der Waals surface area contributed by atoms with Crippen LogP contribution in [0.25, 0.3) is 0 Å². The molecule has 0 heterocycles. The molecule has 0 radical (unpaired) electrons. The molecule has 0 aliphatic rings. The van der Waals surface area contributed by atoms with E-state index in [-0.39, 0.29) is 14.9 Å². The maximum Gasteiger partial charge on any atom is 0.308 e. The first-order chi connectivity index (χ1) is 4.94. The molecular formula is C12H30O2. The SMILES string of the molecule is C.C.CC(C)(C)C.CC(C)(C)C(=O)O. The zero-order valence-electron chi connectivity index (χ0n) is 9.36. The number of rotatable bonds is 0. The second-order valence-electron chi connectivity index (χ2n) is 5.56. The monoisotopic (exact) mass is 206 g/mol. The molecule has 2 nitrogen and oxygen atoms in total. The fourth-order valence-corrected chi connectivity index (χ4v) is 0. The topological polar surface area (TPSA) is 37.3 Å². The predicted octanol–water partition coefficient (Wildman–Crippen LogP) is 4.44. The maximum atomic E-state index is 10.0. The van der Waals surface area contributed by atoms with E-state index in [1.54, 1.807) is 20.8 Å². The number of carbonyl (C=O) groups is 1. The molecule has 90 valence electrons. The lowest BCUT2D eigenvalue weighted by Gasteiger charge is -2.08. The first-order valence-electron chi connectivity index (χ1n) is 4.18. The van der Waals surface area contributed by atoms with Crippen molar-refractivity contribution >= 4 is 5.97 Å². The van der Waals surface area contributed by atoms with Gasteiger partial charge in [0.2, 0.25) is 0 Å². The maximum absolute atomic E-state index is 10.0. The van der Waals surface area contributed by atoms with Gasteiger partial charge in [-0.1, -0.05) is 42.5 Å². The molecule has 1 N–H and O–H groups in total. The van der Waals surface area contributed by atoms with Crippen molar-refractivity contribution < 1.29 is 9.90 Å². The minimum Gasteiger partial charge on any atom is -0.481 e. The molecular weight excluding hydrogens is 176 g/mol. The van der Waals surface area contributed by atoms with Gasteiger partial charge >= 0.3 is 5.97 Å². The average molecular weight is 206 g/mol. The molecule has 0 amide bonds. The predicted molar refractivity (Wildman–Crippen MR) is 65.7 cm³/mol. The van der Waals surface area contributed by atoms with Crippen LogP contribution in [0.2, 0.25) is 0 Å². The number of aliphatic carboxylic acids is 1. The van der Waals surface area contributed by atoms with Gasteiger partial charge in [0.15, 0.2) is 0 Å². The van der Waals surface area contributed by atoms with Gasteiger partial charge in [-0.05, 0) is 26.2 Å². The van der Waals surface area contributed by atoms with Crippen LogP contribution in [-0.4, -0.2) is 11.1 Å². The lowest BCUT2D eigenvalue weighted by Crippen LogP contribution is -2.18. The molecule has 0 aromatic carbocycles. The summed E-state index contributed by atoms with van der Waals surface area (Å²) in [5.41, 5.74) is -0.0833. The van der Waals surface area contributed by atoms with Crippen molar-refractivity contribution in [3.8, 4) is 0 Å². The summed E-state index contributed by atoms with van der Waals surface area (Å²) < 4.78 is 0. The van der Waals surface area contributed by atoms with Crippen molar-refractivity contribution in [3.63, 3.8) is 0 Å². The van der Waals surface area contributed by atoms with E-state index in [0.29, 0.717) is 5.41 Å². The number of hydrogen-bond donors (Lipinski definition) is 1. The average Bonchev–Trinajstić information content (AvgIpc) is 1.55. The summed E-state index contributed by atoms with van der Waals surface area (Å²) in [4.78, 5) is 10.0. The van der Waals surface area contributed by atoms with E-state index < -0.39 is 11.4 Å². The van der Waals surface area contributed by atoms with Crippen LogP contribution in [0.3, 0.4) is 0 Å². The second kappa shape index (κ2) is 7.84. The Kier molecular flexibility index (Phi) is 13.1. The highest BCUT2D eigenvalue weighted by Gasteiger charge is 2.18. The van der Waals surface area contributed by atoms with Crippen LogP contribution < -0.4 is 0 Å². The second-order valence-corrected chi connectivity index (χ2v) is 5.56. The molecule has 2 heteroatoms. The summed E-state index contributed by atoms with van der Waals surface area (Å²) in [5, 5.41) is 8.25. The van der Waals surface area contributed by atoms with Gasteiger partial charge in [-0.15, -0.1) is 0 Å². The molecule has 0 rings (SSSR count). The molecule has 0 aliphatic carbocycles. The van der Waals surface area contributed by atoms with E-state index in [0.717, 1.165) is 0 Å². The lowest BCUT2D eigenvalue weighted by atomic mass is 9.98. The number of carboxylic acid groups (broad SMARTS) is 1. The zero-order chi connectivity index (χ0) is 10.6. The molecule has 0 atom stereocenters. The smallest absolute Gasteiger partial charge is 0.308 e. The summed E-state index contributed by atoms with van der Waals surface area (Å²) in [5.74, 6) is -0.757. The van der Waals surface area contributed by atoms with Gasteiger partial charge in [0.05, 0.1) is 5.41 Å². The fraction of sp³-hybridized carbons (Fsp3) is 0.917. The van der Waals surface area contributed by atoms with Crippen molar-refractivity contribution in [2.24, 2.45) is 10.8 Å². The Bertz CT molecular complexity index is 129. The lowest BCUT2D eigenvalue weighted by molar-refractivity contribution is -0.145. The van der Waals surface area contributed by atoms with Crippen molar-refractivity contribution in [3.05, 3.63) is 0 Å². The highest BCUT2D eigenvalue weighted by Crippen LogP contribution is 2.11. The Morgan fingerprint density at radius 2 is 0.929 bits per heavy atom. The first-order valence-corrected chi connectivity index (χ1v) is 4.18. The van der Waals surface area contributed by atoms with E-state index in [2.05, 4.69) is 27.7 Å². The summed E-state index contributed by atoms with van der Waals surface area (Å²) in [6.07, 6.45) is 0. The standard InChI is InChI=1S/C5H10O2.C5H12.2CH4/c1-5(2,3)4(6)7;1-5(2,3)4;;/h1-3H3,(H,6,7);1-4H3;2*1H4. The van der Waals surface area contributed by atoms with Gasteiger partial charge < -0.3 is 5.11 Å². The minimum absolute atomic E-state index is 0. The van der Waals surface area contributed by atoms with E-state index in [9.17, 15) is 4.79 Å². The van der Waals surface area contributed by atoms with Crippen LogP contribution in [0.15, 0.2) is 0 Å². The van der Waals surface area contributed by atoms with Gasteiger partial charge in [0.25, 0.3) is 0 Å². The Morgan fingerprint density at radius 3 is 0.929 bits per heavy atom. The molecule has 0 aliphatic heterocycles. The Hall–Kier alpha value is -0.530. The summed E-state index contributed by atoms with van der Waals surface area (Å²) >= 11 is 0.